The molecule has 0 saturated heterocycles. The molecular formula is C24H20FN5O4S. The average molecular weight is 494 g/mol. The molecule has 11 heteroatoms. The Morgan fingerprint density at radius 2 is 1.74 bits per heavy atom. The largest absolute Gasteiger partial charge is 0.497 e. The molecule has 0 radical (unpaired) electrons. The molecule has 3 aromatic carbocycles. The van der Waals surface area contributed by atoms with Gasteiger partial charge in [0, 0.05) is 29.1 Å². The first-order valence-corrected chi connectivity index (χ1v) is 11.4. The van der Waals surface area contributed by atoms with Crippen LogP contribution in [-0.4, -0.2) is 32.7 Å². The van der Waals surface area contributed by atoms with E-state index in [0.29, 0.717) is 33.7 Å². The van der Waals surface area contributed by atoms with Crippen molar-refractivity contribution in [2.45, 2.75) is 17.5 Å². The van der Waals surface area contributed by atoms with Crippen LogP contribution in [0.4, 0.5) is 10.1 Å². The van der Waals surface area contributed by atoms with Crippen LogP contribution < -0.4 is 10.1 Å². The highest BCUT2D eigenvalue weighted by Crippen LogP contribution is 2.26. The minimum Gasteiger partial charge on any atom is -0.497 e. The maximum Gasteiger partial charge on any atom is 0.269 e. The summed E-state index contributed by atoms with van der Waals surface area (Å²) in [7, 11) is 1.55. The molecule has 0 bridgehead atoms. The van der Waals surface area contributed by atoms with Crippen molar-refractivity contribution in [2.75, 3.05) is 7.11 Å². The fourth-order valence-electron chi connectivity index (χ4n) is 3.22. The van der Waals surface area contributed by atoms with E-state index in [1.54, 1.807) is 60.2 Å². The van der Waals surface area contributed by atoms with Gasteiger partial charge in [0.25, 0.3) is 11.6 Å². The molecule has 0 atom stereocenters. The van der Waals surface area contributed by atoms with Gasteiger partial charge in [-0.2, -0.15) is 0 Å². The van der Waals surface area contributed by atoms with E-state index in [2.05, 4.69) is 15.5 Å². The number of halogens is 1. The van der Waals surface area contributed by atoms with Gasteiger partial charge >= 0.3 is 0 Å². The molecule has 0 aliphatic rings. The number of aromatic nitrogens is 3. The zero-order chi connectivity index (χ0) is 24.8. The van der Waals surface area contributed by atoms with Gasteiger partial charge in [-0.05, 0) is 54.1 Å². The van der Waals surface area contributed by atoms with Gasteiger partial charge in [0.05, 0.1) is 18.6 Å². The number of nitro benzene ring substituents is 1. The van der Waals surface area contributed by atoms with Crippen molar-refractivity contribution >= 4 is 23.4 Å². The fraction of sp³-hybridized carbons (Fsp3) is 0.125. The van der Waals surface area contributed by atoms with Crippen LogP contribution in [0.3, 0.4) is 0 Å². The summed E-state index contributed by atoms with van der Waals surface area (Å²) in [5.74, 6) is 0.975. The van der Waals surface area contributed by atoms with Crippen molar-refractivity contribution in [3.63, 3.8) is 0 Å². The van der Waals surface area contributed by atoms with Crippen molar-refractivity contribution in [3.05, 3.63) is 106 Å². The molecule has 1 amide bonds. The average Bonchev–Trinajstić information content (AvgIpc) is 3.29. The number of nitrogens with zero attached hydrogens (tertiary/aromatic N) is 4. The normalized spacial score (nSPS) is 10.7. The molecule has 9 nitrogen and oxygen atoms in total. The third-order valence-electron chi connectivity index (χ3n) is 5.06. The zero-order valence-corrected chi connectivity index (χ0v) is 19.4. The summed E-state index contributed by atoms with van der Waals surface area (Å²) >= 11 is 1.37. The molecule has 0 spiro atoms. The Morgan fingerprint density at radius 3 is 2.37 bits per heavy atom. The highest BCUT2D eigenvalue weighted by Gasteiger charge is 2.17. The van der Waals surface area contributed by atoms with Crippen LogP contribution in [0.25, 0.3) is 5.69 Å². The van der Waals surface area contributed by atoms with Crippen LogP contribution in [-0.2, 0) is 12.3 Å². The van der Waals surface area contributed by atoms with Gasteiger partial charge in [0.1, 0.15) is 11.6 Å². The predicted octanol–water partition coefficient (Wildman–Crippen LogP) is 4.55. The zero-order valence-electron chi connectivity index (χ0n) is 18.6. The summed E-state index contributed by atoms with van der Waals surface area (Å²) in [6.07, 6.45) is 0. The lowest BCUT2D eigenvalue weighted by atomic mass is 10.2. The summed E-state index contributed by atoms with van der Waals surface area (Å²) in [4.78, 5) is 23.2. The second-order valence-corrected chi connectivity index (χ2v) is 8.28. The standard InChI is InChI=1S/C24H20FN5O4S/c1-34-21-12-4-17(5-13-21)23(31)26-14-22-27-28-24(35-15-16-2-6-18(25)7-3-16)29(22)19-8-10-20(11-9-19)30(32)33/h2-13H,14-15H2,1H3,(H,26,31). The number of nitro groups is 1. The van der Waals surface area contributed by atoms with Gasteiger partial charge in [-0.1, -0.05) is 23.9 Å². The van der Waals surface area contributed by atoms with Crippen LogP contribution in [0.2, 0.25) is 0 Å². The van der Waals surface area contributed by atoms with E-state index in [-0.39, 0.29) is 24.0 Å². The van der Waals surface area contributed by atoms with E-state index in [9.17, 15) is 19.3 Å². The van der Waals surface area contributed by atoms with Crippen LogP contribution in [0, 0.1) is 15.9 Å². The van der Waals surface area contributed by atoms with Crippen LogP contribution in [0.1, 0.15) is 21.7 Å². The molecule has 1 aromatic heterocycles. The fourth-order valence-corrected chi connectivity index (χ4v) is 4.15. The monoisotopic (exact) mass is 493 g/mol. The first-order valence-electron chi connectivity index (χ1n) is 10.4. The maximum atomic E-state index is 13.2. The van der Waals surface area contributed by atoms with E-state index in [0.717, 1.165) is 5.56 Å². The van der Waals surface area contributed by atoms with Crippen molar-refractivity contribution in [3.8, 4) is 11.4 Å². The van der Waals surface area contributed by atoms with E-state index < -0.39 is 4.92 Å². The van der Waals surface area contributed by atoms with E-state index in [4.69, 9.17) is 4.74 Å². The molecule has 0 aliphatic heterocycles. The highest BCUT2D eigenvalue weighted by molar-refractivity contribution is 7.98. The Hall–Kier alpha value is -4.25. The second kappa shape index (κ2) is 10.8. The molecule has 4 aromatic rings. The first kappa shape index (κ1) is 23.9. The Bertz CT molecular complexity index is 1330. The topological polar surface area (TPSA) is 112 Å². The lowest BCUT2D eigenvalue weighted by molar-refractivity contribution is -0.384. The lowest BCUT2D eigenvalue weighted by Crippen LogP contribution is -2.24. The molecule has 4 rings (SSSR count). The van der Waals surface area contributed by atoms with Crippen LogP contribution >= 0.6 is 11.8 Å². The second-order valence-electron chi connectivity index (χ2n) is 7.33. The number of methoxy groups -OCH3 is 1. The van der Waals surface area contributed by atoms with Gasteiger partial charge in [-0.3, -0.25) is 19.5 Å². The molecule has 1 heterocycles. The summed E-state index contributed by atoms with van der Waals surface area (Å²) in [6, 6.07) is 18.8. The van der Waals surface area contributed by atoms with Crippen LogP contribution in [0.15, 0.2) is 78.0 Å². The quantitative estimate of drug-likeness (QED) is 0.207. The molecule has 0 aliphatic carbocycles. The van der Waals surface area contributed by atoms with E-state index >= 15 is 0 Å². The number of hydrogen-bond acceptors (Lipinski definition) is 7. The molecule has 1 N–H and O–H groups in total. The van der Waals surface area contributed by atoms with Crippen molar-refractivity contribution in [2.24, 2.45) is 0 Å². The number of hydrogen-bond donors (Lipinski definition) is 1. The summed E-state index contributed by atoms with van der Waals surface area (Å²) in [5, 5.41) is 22.9. The summed E-state index contributed by atoms with van der Waals surface area (Å²) in [6.45, 7) is 0.0754. The third kappa shape index (κ3) is 5.82. The molecule has 35 heavy (non-hydrogen) atoms. The Morgan fingerprint density at radius 1 is 1.06 bits per heavy atom. The van der Waals surface area contributed by atoms with E-state index in [1.807, 2.05) is 0 Å². The number of benzene rings is 3. The number of rotatable bonds is 9. The molecular weight excluding hydrogens is 473 g/mol. The number of ether oxygens (including phenoxy) is 1. The molecule has 0 fully saturated rings. The number of non-ortho nitro benzene ring substituents is 1. The van der Waals surface area contributed by atoms with Crippen molar-refractivity contribution in [1.29, 1.82) is 0 Å². The third-order valence-corrected chi connectivity index (χ3v) is 6.06. The Kier molecular flexibility index (Phi) is 7.36. The minimum absolute atomic E-state index is 0.0447. The van der Waals surface area contributed by atoms with Crippen LogP contribution in [0.5, 0.6) is 5.75 Å². The van der Waals surface area contributed by atoms with Crippen molar-refractivity contribution in [1.82, 2.24) is 20.1 Å². The van der Waals surface area contributed by atoms with Gasteiger partial charge in [-0.25, -0.2) is 4.39 Å². The van der Waals surface area contributed by atoms with Gasteiger partial charge in [0.15, 0.2) is 11.0 Å². The lowest BCUT2D eigenvalue weighted by Gasteiger charge is -2.11. The molecule has 0 unspecified atom stereocenters. The van der Waals surface area contributed by atoms with Gasteiger partial charge in [-0.15, -0.1) is 10.2 Å². The summed E-state index contributed by atoms with van der Waals surface area (Å²) in [5.41, 5.74) is 1.91. The number of nitrogens with one attached hydrogen (secondary N) is 1. The summed E-state index contributed by atoms with van der Waals surface area (Å²) < 4.78 is 20.1. The highest BCUT2D eigenvalue weighted by atomic mass is 32.2. The van der Waals surface area contributed by atoms with E-state index in [1.165, 1.54) is 36.0 Å². The number of carbonyl (C=O) groups is 1. The van der Waals surface area contributed by atoms with Crippen molar-refractivity contribution < 1.29 is 18.8 Å². The Balaban J connectivity index is 1.57. The maximum absolute atomic E-state index is 13.2. The number of amides is 1. The van der Waals surface area contributed by atoms with Gasteiger partial charge < -0.3 is 10.1 Å². The minimum atomic E-state index is -0.476. The van der Waals surface area contributed by atoms with Gasteiger partial charge in [0.2, 0.25) is 0 Å². The Labute approximate surface area is 204 Å². The SMILES string of the molecule is COc1ccc(C(=O)NCc2nnc(SCc3ccc(F)cc3)n2-c2ccc([N+](=O)[O-])cc2)cc1. The number of thioether (sulfide) groups is 1. The number of carbonyl (C=O) groups excluding carboxylic acids is 1. The molecule has 178 valence electrons. The first-order chi connectivity index (χ1) is 16.9. The molecule has 0 saturated carbocycles. The smallest absolute Gasteiger partial charge is 0.269 e. The predicted molar refractivity (Wildman–Crippen MR) is 128 cm³/mol.